The third-order valence-corrected chi connectivity index (χ3v) is 6.48. The second-order valence-corrected chi connectivity index (χ2v) is 9.26. The van der Waals surface area contributed by atoms with Gasteiger partial charge in [-0.3, -0.25) is 19.9 Å². The Kier molecular flexibility index (Phi) is 5.71. The topological polar surface area (TPSA) is 136 Å². The lowest BCUT2D eigenvalue weighted by Crippen LogP contribution is -2.25. The fourth-order valence-electron chi connectivity index (χ4n) is 4.46. The van der Waals surface area contributed by atoms with Crippen LogP contribution in [0.4, 0.5) is 20.4 Å². The molecule has 1 saturated carbocycles. The minimum absolute atomic E-state index is 0.115. The van der Waals surface area contributed by atoms with Crippen LogP contribution in [0.25, 0.3) is 11.1 Å². The van der Waals surface area contributed by atoms with E-state index in [2.05, 4.69) is 16.4 Å². The summed E-state index contributed by atoms with van der Waals surface area (Å²) in [6.07, 6.45) is 1.54. The number of amidine groups is 1. The first kappa shape index (κ1) is 24.1. The second kappa shape index (κ2) is 8.78. The van der Waals surface area contributed by atoms with E-state index in [0.29, 0.717) is 22.3 Å². The summed E-state index contributed by atoms with van der Waals surface area (Å²) >= 11 is 0. The molecule has 3 aromatic rings. The number of nitrogen functional groups attached to an aromatic ring is 1. The molecule has 1 fully saturated rings. The molecule has 5 rings (SSSR count). The van der Waals surface area contributed by atoms with Crippen LogP contribution in [0.3, 0.4) is 0 Å². The number of fused-ring (bicyclic) bond motifs is 1. The average molecular weight is 501 g/mol. The minimum atomic E-state index is -3.14. The molecule has 10 heteroatoms. The molecule has 0 saturated heterocycles. The van der Waals surface area contributed by atoms with Gasteiger partial charge in [-0.1, -0.05) is 12.1 Å². The van der Waals surface area contributed by atoms with Crippen LogP contribution >= 0.6 is 0 Å². The summed E-state index contributed by atoms with van der Waals surface area (Å²) in [5.74, 6) is -3.91. The van der Waals surface area contributed by atoms with Gasteiger partial charge in [0.15, 0.2) is 0 Å². The predicted octanol–water partition coefficient (Wildman–Crippen LogP) is 4.52. The zero-order chi connectivity index (χ0) is 26.5. The molecule has 0 unspecified atom stereocenters. The first-order chi connectivity index (χ1) is 17.6. The van der Waals surface area contributed by atoms with Gasteiger partial charge >= 0.3 is 0 Å². The zero-order valence-electron chi connectivity index (χ0n) is 19.8. The number of carbonyl (C=O) groups is 2. The maximum atomic E-state index is 14.3. The number of nitrogens with one attached hydrogen (secondary N) is 2. The number of nitrogens with two attached hydrogens (primary N) is 1. The van der Waals surface area contributed by atoms with E-state index < -0.39 is 11.8 Å². The minimum Gasteiger partial charge on any atom is -0.384 e. The quantitative estimate of drug-likeness (QED) is 0.338. The number of halogens is 2. The Morgan fingerprint density at radius 1 is 1.22 bits per heavy atom. The molecule has 1 aromatic heterocycles. The Bertz CT molecular complexity index is 1520. The highest BCUT2D eigenvalue weighted by Crippen LogP contribution is 2.39. The van der Waals surface area contributed by atoms with Crippen LogP contribution in [0.1, 0.15) is 52.4 Å². The first-order valence-corrected chi connectivity index (χ1v) is 11.6. The molecule has 0 atom stereocenters. The average Bonchev–Trinajstić information content (AvgIpc) is 3.66. The molecule has 4 N–H and O–H groups in total. The Balaban J connectivity index is 1.64. The van der Waals surface area contributed by atoms with Gasteiger partial charge in [-0.05, 0) is 65.9 Å². The normalized spacial score (nSPS) is 14.8. The van der Waals surface area contributed by atoms with Crippen LogP contribution in [0, 0.1) is 22.7 Å². The molecule has 0 spiro atoms. The van der Waals surface area contributed by atoms with Gasteiger partial charge in [0.1, 0.15) is 17.5 Å². The van der Waals surface area contributed by atoms with Crippen LogP contribution in [0.15, 0.2) is 48.5 Å². The van der Waals surface area contributed by atoms with E-state index in [9.17, 15) is 23.6 Å². The molecular formula is C27H22F2N6O2. The summed E-state index contributed by atoms with van der Waals surface area (Å²) in [6.45, 7) is 0.656. The lowest BCUT2D eigenvalue weighted by molar-refractivity contribution is -0.117. The molecule has 2 aliphatic rings. The highest BCUT2D eigenvalue weighted by molar-refractivity contribution is 6.10. The van der Waals surface area contributed by atoms with Crippen LogP contribution in [-0.4, -0.2) is 22.6 Å². The van der Waals surface area contributed by atoms with Crippen molar-refractivity contribution in [1.82, 2.24) is 4.98 Å². The van der Waals surface area contributed by atoms with Gasteiger partial charge in [0.2, 0.25) is 5.91 Å². The number of amides is 2. The smallest absolute Gasteiger partial charge is 0.270 e. The Hall–Kier alpha value is -4.65. The third kappa shape index (κ3) is 4.51. The largest absolute Gasteiger partial charge is 0.384 e. The van der Waals surface area contributed by atoms with E-state index >= 15 is 0 Å². The highest BCUT2D eigenvalue weighted by Gasteiger charge is 2.37. The molecule has 0 radical (unpaired) electrons. The van der Waals surface area contributed by atoms with Gasteiger partial charge in [0.25, 0.3) is 11.8 Å². The van der Waals surface area contributed by atoms with Gasteiger partial charge in [0.05, 0.1) is 18.2 Å². The first-order valence-electron chi connectivity index (χ1n) is 11.6. The molecule has 2 heterocycles. The van der Waals surface area contributed by atoms with E-state index in [1.807, 2.05) is 0 Å². The number of nitriles is 1. The molecule has 1 aliphatic heterocycles. The summed E-state index contributed by atoms with van der Waals surface area (Å²) < 4.78 is 28.6. The molecular weight excluding hydrogens is 478 g/mol. The van der Waals surface area contributed by atoms with Crippen molar-refractivity contribution in [1.29, 1.82) is 10.7 Å². The summed E-state index contributed by atoms with van der Waals surface area (Å²) in [5.41, 5.74) is 7.47. The van der Waals surface area contributed by atoms with Crippen molar-refractivity contribution in [3.63, 3.8) is 0 Å². The lowest BCUT2D eigenvalue weighted by Gasteiger charge is -2.19. The maximum Gasteiger partial charge on any atom is 0.270 e. The maximum absolute atomic E-state index is 14.3. The van der Waals surface area contributed by atoms with Gasteiger partial charge in [-0.25, -0.2) is 13.8 Å². The molecule has 37 heavy (non-hydrogen) atoms. The van der Waals surface area contributed by atoms with Gasteiger partial charge in [0, 0.05) is 29.5 Å². The summed E-state index contributed by atoms with van der Waals surface area (Å²) in [4.78, 5) is 31.6. The van der Waals surface area contributed by atoms with Crippen molar-refractivity contribution < 1.29 is 18.4 Å². The predicted molar refractivity (Wildman–Crippen MR) is 133 cm³/mol. The Labute approximate surface area is 211 Å². The summed E-state index contributed by atoms with van der Waals surface area (Å²) in [6, 6.07) is 14.0. The SMILES string of the molecule is CC(F)(F)c1cccc2c1CN(c1cc(-c3cc(C#N)ccc3C(=N)N)cc(NC(=O)C3CC3)n1)C2=O. The summed E-state index contributed by atoms with van der Waals surface area (Å²) in [7, 11) is 0. The number of pyridine rings is 1. The fourth-order valence-corrected chi connectivity index (χ4v) is 4.46. The van der Waals surface area contributed by atoms with E-state index in [0.717, 1.165) is 19.8 Å². The molecule has 2 amide bonds. The van der Waals surface area contributed by atoms with E-state index in [1.54, 1.807) is 24.3 Å². The molecule has 0 bridgehead atoms. The number of hydrogen-bond donors (Lipinski definition) is 3. The number of rotatable bonds is 6. The Morgan fingerprint density at radius 2 is 1.97 bits per heavy atom. The standard InChI is InChI=1S/C27H22F2N6O2/c1-27(28,29)21-4-2-3-18-20(21)13-35(26(18)37)23-11-16(10-22(33-23)34-25(36)15-6-7-15)19-9-14(12-30)5-8-17(19)24(31)32/h2-5,8-11,15H,6-7,13H2,1H3,(H3,31,32)(H,33,34,36). The van der Waals surface area contributed by atoms with Crippen molar-refractivity contribution in [2.24, 2.45) is 11.7 Å². The fraction of sp³-hybridized carbons (Fsp3) is 0.222. The zero-order valence-corrected chi connectivity index (χ0v) is 19.8. The molecule has 2 aromatic carbocycles. The van der Waals surface area contributed by atoms with Crippen LogP contribution in [0.2, 0.25) is 0 Å². The van der Waals surface area contributed by atoms with Gasteiger partial charge in [-0.15, -0.1) is 0 Å². The number of benzene rings is 2. The highest BCUT2D eigenvalue weighted by atomic mass is 19.3. The monoisotopic (exact) mass is 500 g/mol. The van der Waals surface area contributed by atoms with Crippen molar-refractivity contribution in [3.8, 4) is 17.2 Å². The van der Waals surface area contributed by atoms with E-state index in [1.165, 1.54) is 29.2 Å². The van der Waals surface area contributed by atoms with E-state index in [4.69, 9.17) is 11.1 Å². The summed E-state index contributed by atoms with van der Waals surface area (Å²) in [5, 5.41) is 20.2. The van der Waals surface area contributed by atoms with Crippen molar-refractivity contribution in [2.75, 3.05) is 10.2 Å². The van der Waals surface area contributed by atoms with Crippen LogP contribution in [0.5, 0.6) is 0 Å². The number of alkyl halides is 2. The van der Waals surface area contributed by atoms with Crippen LogP contribution < -0.4 is 16.0 Å². The van der Waals surface area contributed by atoms with Crippen molar-refractivity contribution in [3.05, 3.63) is 76.3 Å². The molecule has 186 valence electrons. The Morgan fingerprint density at radius 3 is 2.62 bits per heavy atom. The van der Waals surface area contributed by atoms with E-state index in [-0.39, 0.29) is 52.5 Å². The lowest BCUT2D eigenvalue weighted by atomic mass is 9.97. The van der Waals surface area contributed by atoms with Crippen molar-refractivity contribution in [2.45, 2.75) is 32.2 Å². The number of aromatic nitrogens is 1. The number of hydrogen-bond acceptors (Lipinski definition) is 5. The van der Waals surface area contributed by atoms with Gasteiger partial charge in [-0.2, -0.15) is 5.26 Å². The van der Waals surface area contributed by atoms with Crippen molar-refractivity contribution >= 4 is 29.3 Å². The van der Waals surface area contributed by atoms with Gasteiger partial charge < -0.3 is 11.1 Å². The number of nitrogens with zero attached hydrogens (tertiary/aromatic N) is 3. The number of anilines is 2. The van der Waals surface area contributed by atoms with Crippen LogP contribution in [-0.2, 0) is 17.3 Å². The number of carbonyl (C=O) groups excluding carboxylic acids is 2. The molecule has 1 aliphatic carbocycles. The second-order valence-electron chi connectivity index (χ2n) is 9.26. The third-order valence-electron chi connectivity index (χ3n) is 6.48. The molecule has 8 nitrogen and oxygen atoms in total.